The quantitative estimate of drug-likeness (QED) is 0.171. The summed E-state index contributed by atoms with van der Waals surface area (Å²) >= 11 is 0. The molecule has 0 aromatic heterocycles. The van der Waals surface area contributed by atoms with E-state index in [2.05, 4.69) is 27.6 Å². The molecular formula is C20H40NO2+. The van der Waals surface area contributed by atoms with Crippen LogP contribution in [0, 0.1) is 0 Å². The second kappa shape index (κ2) is 14.7. The minimum absolute atomic E-state index is 0.320. The summed E-state index contributed by atoms with van der Waals surface area (Å²) < 4.78 is 5.98. The number of carbonyl (C=O) groups excluding carboxylic acids is 1. The van der Waals surface area contributed by atoms with Crippen LogP contribution in [0.25, 0.3) is 0 Å². The van der Waals surface area contributed by atoms with Gasteiger partial charge in [0, 0.05) is 6.08 Å². The second-order valence-corrected chi connectivity index (χ2v) is 7.29. The lowest BCUT2D eigenvalue weighted by Gasteiger charge is -2.29. The molecule has 3 nitrogen and oxygen atoms in total. The number of esters is 1. The SMILES string of the molecule is C=CC(=O)OCC[N+](C)(C)CCCCCCCCCCCCC. The molecule has 0 atom stereocenters. The van der Waals surface area contributed by atoms with Gasteiger partial charge in [0.1, 0.15) is 13.2 Å². The van der Waals surface area contributed by atoms with Crippen molar-refractivity contribution in [3.63, 3.8) is 0 Å². The van der Waals surface area contributed by atoms with E-state index >= 15 is 0 Å². The smallest absolute Gasteiger partial charge is 0.330 e. The van der Waals surface area contributed by atoms with Gasteiger partial charge >= 0.3 is 5.97 Å². The molecule has 0 aliphatic heterocycles. The van der Waals surface area contributed by atoms with E-state index in [1.54, 1.807) is 0 Å². The molecule has 0 spiro atoms. The predicted molar refractivity (Wildman–Crippen MR) is 99.5 cm³/mol. The van der Waals surface area contributed by atoms with E-state index in [0.717, 1.165) is 17.6 Å². The third-order valence-corrected chi connectivity index (χ3v) is 4.47. The Labute approximate surface area is 144 Å². The molecule has 0 aromatic carbocycles. The summed E-state index contributed by atoms with van der Waals surface area (Å²) in [6, 6.07) is 0. The average Bonchev–Trinajstić information content (AvgIpc) is 2.52. The fourth-order valence-corrected chi connectivity index (χ4v) is 2.77. The first-order valence-corrected chi connectivity index (χ1v) is 9.63. The van der Waals surface area contributed by atoms with Crippen molar-refractivity contribution >= 4 is 5.97 Å². The van der Waals surface area contributed by atoms with Crippen LogP contribution < -0.4 is 0 Å². The van der Waals surface area contributed by atoms with Crippen LogP contribution in [0.15, 0.2) is 12.7 Å². The zero-order valence-electron chi connectivity index (χ0n) is 15.9. The van der Waals surface area contributed by atoms with Crippen LogP contribution in [0.5, 0.6) is 0 Å². The van der Waals surface area contributed by atoms with E-state index in [1.165, 1.54) is 76.7 Å². The molecule has 136 valence electrons. The molecule has 23 heavy (non-hydrogen) atoms. The van der Waals surface area contributed by atoms with Gasteiger partial charge in [0.2, 0.25) is 0 Å². The van der Waals surface area contributed by atoms with Crippen LogP contribution in [-0.2, 0) is 9.53 Å². The van der Waals surface area contributed by atoms with Gasteiger partial charge in [-0.25, -0.2) is 4.79 Å². The normalized spacial score (nSPS) is 11.4. The van der Waals surface area contributed by atoms with E-state index < -0.39 is 0 Å². The van der Waals surface area contributed by atoms with Crippen molar-refractivity contribution in [2.45, 2.75) is 77.6 Å². The fraction of sp³-hybridized carbons (Fsp3) is 0.850. The average molecular weight is 327 g/mol. The largest absolute Gasteiger partial charge is 0.457 e. The number of nitrogens with zero attached hydrogens (tertiary/aromatic N) is 1. The number of ether oxygens (including phenoxy) is 1. The molecule has 0 aromatic rings. The summed E-state index contributed by atoms with van der Waals surface area (Å²) in [5, 5.41) is 0. The van der Waals surface area contributed by atoms with Crippen molar-refractivity contribution in [1.82, 2.24) is 0 Å². The van der Waals surface area contributed by atoms with Crippen LogP contribution >= 0.6 is 0 Å². The lowest BCUT2D eigenvalue weighted by molar-refractivity contribution is -0.890. The lowest BCUT2D eigenvalue weighted by Crippen LogP contribution is -2.43. The van der Waals surface area contributed by atoms with Gasteiger partial charge in [-0.15, -0.1) is 0 Å². The zero-order valence-corrected chi connectivity index (χ0v) is 15.9. The Morgan fingerprint density at radius 3 is 1.83 bits per heavy atom. The Hall–Kier alpha value is -0.830. The molecule has 0 aliphatic rings. The summed E-state index contributed by atoms with van der Waals surface area (Å²) in [5.74, 6) is -0.320. The van der Waals surface area contributed by atoms with Gasteiger partial charge in [0.25, 0.3) is 0 Å². The number of likely N-dealkylation sites (N-methyl/N-ethyl adjacent to an activating group) is 1. The summed E-state index contributed by atoms with van der Waals surface area (Å²) in [7, 11) is 4.41. The maximum Gasteiger partial charge on any atom is 0.330 e. The van der Waals surface area contributed by atoms with E-state index in [0.29, 0.717) is 6.61 Å². The molecule has 0 N–H and O–H groups in total. The Morgan fingerprint density at radius 2 is 1.35 bits per heavy atom. The van der Waals surface area contributed by atoms with Crippen LogP contribution in [0.4, 0.5) is 0 Å². The lowest BCUT2D eigenvalue weighted by atomic mass is 10.1. The number of hydrogen-bond acceptors (Lipinski definition) is 2. The molecule has 0 unspecified atom stereocenters. The zero-order chi connectivity index (χ0) is 17.4. The van der Waals surface area contributed by atoms with E-state index in [9.17, 15) is 4.79 Å². The highest BCUT2D eigenvalue weighted by molar-refractivity contribution is 5.81. The van der Waals surface area contributed by atoms with Crippen molar-refractivity contribution in [1.29, 1.82) is 0 Å². The summed E-state index contributed by atoms with van der Waals surface area (Å²) in [5.41, 5.74) is 0. The first kappa shape index (κ1) is 22.2. The monoisotopic (exact) mass is 326 g/mol. The molecule has 0 bridgehead atoms. The molecule has 0 aliphatic carbocycles. The summed E-state index contributed by atoms with van der Waals surface area (Å²) in [6.07, 6.45) is 16.4. The van der Waals surface area contributed by atoms with E-state index in [4.69, 9.17) is 4.74 Å². The van der Waals surface area contributed by atoms with Gasteiger partial charge in [-0.05, 0) is 12.8 Å². The molecule has 0 radical (unpaired) electrons. The topological polar surface area (TPSA) is 26.3 Å². The molecule has 0 fully saturated rings. The Balaban J connectivity index is 3.38. The minimum atomic E-state index is -0.320. The maximum atomic E-state index is 11.0. The van der Waals surface area contributed by atoms with Crippen molar-refractivity contribution in [2.75, 3.05) is 33.8 Å². The number of carbonyl (C=O) groups is 1. The minimum Gasteiger partial charge on any atom is -0.457 e. The molecule has 0 saturated carbocycles. The van der Waals surface area contributed by atoms with Crippen LogP contribution in [0.2, 0.25) is 0 Å². The van der Waals surface area contributed by atoms with Gasteiger partial charge in [0.15, 0.2) is 0 Å². The fourth-order valence-electron chi connectivity index (χ4n) is 2.77. The highest BCUT2D eigenvalue weighted by atomic mass is 16.5. The number of hydrogen-bond donors (Lipinski definition) is 0. The standard InChI is InChI=1S/C20H40NO2/c1-5-7-8-9-10-11-12-13-14-15-16-17-21(3,4)18-19-23-20(22)6-2/h6H,2,5,7-19H2,1,3-4H3/q+1. The number of rotatable bonds is 16. The predicted octanol–water partition coefficient (Wildman–Crippen LogP) is 5.10. The molecule has 0 amide bonds. The molecule has 0 rings (SSSR count). The molecular weight excluding hydrogens is 286 g/mol. The van der Waals surface area contributed by atoms with Gasteiger partial charge in [-0.1, -0.05) is 71.3 Å². The maximum absolute atomic E-state index is 11.0. The Morgan fingerprint density at radius 1 is 0.870 bits per heavy atom. The highest BCUT2D eigenvalue weighted by Crippen LogP contribution is 2.12. The van der Waals surface area contributed by atoms with Crippen molar-refractivity contribution < 1.29 is 14.0 Å². The first-order chi connectivity index (χ1) is 11.0. The van der Waals surface area contributed by atoms with Crippen molar-refractivity contribution in [3.8, 4) is 0 Å². The van der Waals surface area contributed by atoms with E-state index in [-0.39, 0.29) is 5.97 Å². The summed E-state index contributed by atoms with van der Waals surface area (Å²) in [6.45, 7) is 8.19. The molecule has 0 heterocycles. The molecule has 0 saturated heterocycles. The highest BCUT2D eigenvalue weighted by Gasteiger charge is 2.14. The number of quaternary nitrogens is 1. The van der Waals surface area contributed by atoms with Gasteiger partial charge in [-0.2, -0.15) is 0 Å². The van der Waals surface area contributed by atoms with Gasteiger partial charge in [0.05, 0.1) is 20.6 Å². The second-order valence-electron chi connectivity index (χ2n) is 7.29. The third kappa shape index (κ3) is 15.8. The van der Waals surface area contributed by atoms with Crippen LogP contribution in [0.1, 0.15) is 77.6 Å². The van der Waals surface area contributed by atoms with Crippen molar-refractivity contribution in [2.24, 2.45) is 0 Å². The van der Waals surface area contributed by atoms with E-state index in [1.807, 2.05) is 0 Å². The first-order valence-electron chi connectivity index (χ1n) is 9.63. The van der Waals surface area contributed by atoms with Crippen LogP contribution in [-0.4, -0.2) is 44.2 Å². The molecule has 3 heteroatoms. The number of unbranched alkanes of at least 4 members (excludes halogenated alkanes) is 10. The van der Waals surface area contributed by atoms with Gasteiger partial charge in [-0.3, -0.25) is 0 Å². The van der Waals surface area contributed by atoms with Crippen LogP contribution in [0.3, 0.4) is 0 Å². The van der Waals surface area contributed by atoms with Gasteiger partial charge < -0.3 is 9.22 Å². The van der Waals surface area contributed by atoms with Crippen molar-refractivity contribution in [3.05, 3.63) is 12.7 Å². The Bertz CT molecular complexity index is 300. The third-order valence-electron chi connectivity index (χ3n) is 4.47. The summed E-state index contributed by atoms with van der Waals surface area (Å²) in [4.78, 5) is 11.0. The Kier molecular flexibility index (Phi) is 14.2.